The van der Waals surface area contributed by atoms with Crippen LogP contribution in [0.4, 0.5) is 11.4 Å². The van der Waals surface area contributed by atoms with E-state index >= 15 is 0 Å². The van der Waals surface area contributed by atoms with Gasteiger partial charge >= 0.3 is 0 Å². The van der Waals surface area contributed by atoms with Crippen LogP contribution in [0.25, 0.3) is 0 Å². The molecule has 2 rings (SSSR count). The Morgan fingerprint density at radius 3 is 2.27 bits per heavy atom. The Bertz CT molecular complexity index is 855. The van der Waals surface area contributed by atoms with E-state index in [1.54, 1.807) is 36.4 Å². The number of hydrogen-bond acceptors (Lipinski definition) is 5. The first-order valence-electron chi connectivity index (χ1n) is 9.77. The van der Waals surface area contributed by atoms with E-state index in [2.05, 4.69) is 17.6 Å². The van der Waals surface area contributed by atoms with Gasteiger partial charge < -0.3 is 24.8 Å². The zero-order valence-corrected chi connectivity index (χ0v) is 18.2. The van der Waals surface area contributed by atoms with Crippen molar-refractivity contribution in [1.29, 1.82) is 0 Å². The minimum absolute atomic E-state index is 0.0282. The summed E-state index contributed by atoms with van der Waals surface area (Å²) in [5.41, 5.74) is 1.52. The number of anilines is 2. The number of ether oxygens (including phenoxy) is 3. The highest BCUT2D eigenvalue weighted by Gasteiger charge is 2.16. The molecule has 2 N–H and O–H groups in total. The van der Waals surface area contributed by atoms with Crippen molar-refractivity contribution >= 4 is 34.8 Å². The average molecular weight is 435 g/mol. The zero-order valence-electron chi connectivity index (χ0n) is 17.4. The quantitative estimate of drug-likeness (QED) is 0.498. The maximum Gasteiger partial charge on any atom is 0.255 e. The second-order valence-electron chi connectivity index (χ2n) is 6.43. The molecule has 162 valence electrons. The lowest BCUT2D eigenvalue weighted by Crippen LogP contribution is -2.17. The summed E-state index contributed by atoms with van der Waals surface area (Å²) < 4.78 is 16.1. The van der Waals surface area contributed by atoms with Gasteiger partial charge in [0.25, 0.3) is 5.91 Å². The molecule has 0 aromatic heterocycles. The fourth-order valence-electron chi connectivity index (χ4n) is 2.59. The van der Waals surface area contributed by atoms with Gasteiger partial charge in [0.2, 0.25) is 5.91 Å². The number of rotatable bonds is 11. The number of hydrogen-bond donors (Lipinski definition) is 2. The molecule has 2 aromatic carbocycles. The van der Waals surface area contributed by atoms with Gasteiger partial charge in [-0.25, -0.2) is 0 Å². The summed E-state index contributed by atoms with van der Waals surface area (Å²) in [5.74, 6) is 0.282. The predicted octanol–water partition coefficient (Wildman–Crippen LogP) is 4.75. The molecule has 0 aliphatic rings. The molecule has 30 heavy (non-hydrogen) atoms. The van der Waals surface area contributed by atoms with Crippen LogP contribution in [0.3, 0.4) is 0 Å². The average Bonchev–Trinajstić information content (AvgIpc) is 2.71. The summed E-state index contributed by atoms with van der Waals surface area (Å²) >= 11 is 6.36. The third-order valence-electron chi connectivity index (χ3n) is 4.02. The van der Waals surface area contributed by atoms with Gasteiger partial charge in [-0.2, -0.15) is 0 Å². The second kappa shape index (κ2) is 12.0. The highest BCUT2D eigenvalue weighted by Crippen LogP contribution is 2.37. The van der Waals surface area contributed by atoms with E-state index in [9.17, 15) is 9.59 Å². The summed E-state index contributed by atoms with van der Waals surface area (Å²) in [5, 5.41) is 5.81. The number of unbranched alkanes of at least 4 members (excludes halogenated alkanes) is 1. The first-order valence-corrected chi connectivity index (χ1v) is 10.2. The third-order valence-corrected chi connectivity index (χ3v) is 4.30. The van der Waals surface area contributed by atoms with Crippen LogP contribution in [0.1, 0.15) is 37.0 Å². The van der Waals surface area contributed by atoms with E-state index in [-0.39, 0.29) is 18.4 Å². The molecule has 8 heteroatoms. The zero-order chi connectivity index (χ0) is 21.9. The summed E-state index contributed by atoms with van der Waals surface area (Å²) in [4.78, 5) is 24.2. The van der Waals surface area contributed by atoms with Gasteiger partial charge in [0.05, 0.1) is 18.2 Å². The van der Waals surface area contributed by atoms with Gasteiger partial charge in [0.15, 0.2) is 11.5 Å². The molecule has 7 nitrogen and oxygen atoms in total. The summed E-state index contributed by atoms with van der Waals surface area (Å²) in [7, 11) is 1.45. The Morgan fingerprint density at radius 1 is 1.00 bits per heavy atom. The minimum Gasteiger partial charge on any atom is -0.490 e. The van der Waals surface area contributed by atoms with E-state index in [0.717, 1.165) is 12.8 Å². The minimum atomic E-state index is -0.339. The number of halogens is 1. The van der Waals surface area contributed by atoms with E-state index < -0.39 is 0 Å². The molecule has 0 radical (unpaired) electrons. The number of nitrogens with one attached hydrogen (secondary N) is 2. The SMILES string of the molecule is CCCCOc1c(Cl)cc(C(=O)Nc2ccc(NC(=O)COC)cc2)cc1OCC. The van der Waals surface area contributed by atoms with Crippen LogP contribution in [-0.4, -0.2) is 38.7 Å². The molecule has 0 atom stereocenters. The van der Waals surface area contributed by atoms with Gasteiger partial charge in [0, 0.05) is 24.0 Å². The van der Waals surface area contributed by atoms with Crippen molar-refractivity contribution in [2.75, 3.05) is 37.6 Å². The maximum atomic E-state index is 12.7. The molecule has 0 aliphatic heterocycles. The summed E-state index contributed by atoms with van der Waals surface area (Å²) in [6.45, 7) is 4.84. The van der Waals surface area contributed by atoms with Crippen molar-refractivity contribution in [3.63, 3.8) is 0 Å². The van der Waals surface area contributed by atoms with Crippen molar-refractivity contribution in [1.82, 2.24) is 0 Å². The van der Waals surface area contributed by atoms with Gasteiger partial charge in [-0.05, 0) is 49.7 Å². The van der Waals surface area contributed by atoms with Crippen molar-refractivity contribution < 1.29 is 23.8 Å². The van der Waals surface area contributed by atoms with Gasteiger partial charge in [0.1, 0.15) is 6.61 Å². The van der Waals surface area contributed by atoms with Gasteiger partial charge in [-0.1, -0.05) is 24.9 Å². The number of benzene rings is 2. The fourth-order valence-corrected chi connectivity index (χ4v) is 2.85. The normalized spacial score (nSPS) is 10.4. The maximum absolute atomic E-state index is 12.7. The van der Waals surface area contributed by atoms with Gasteiger partial charge in [-0.3, -0.25) is 9.59 Å². The molecule has 2 aromatic rings. The van der Waals surface area contributed by atoms with Crippen LogP contribution in [0.15, 0.2) is 36.4 Å². The predicted molar refractivity (Wildman–Crippen MR) is 118 cm³/mol. The smallest absolute Gasteiger partial charge is 0.255 e. The molecule has 0 aliphatic carbocycles. The molecule has 0 spiro atoms. The third kappa shape index (κ3) is 6.93. The first kappa shape index (κ1) is 23.5. The van der Waals surface area contributed by atoms with Crippen LogP contribution in [-0.2, 0) is 9.53 Å². The molecule has 0 saturated carbocycles. The molecule has 0 fully saturated rings. The Morgan fingerprint density at radius 2 is 1.67 bits per heavy atom. The molecule has 0 heterocycles. The van der Waals surface area contributed by atoms with Crippen molar-refractivity contribution in [2.24, 2.45) is 0 Å². The Balaban J connectivity index is 2.11. The summed E-state index contributed by atoms with van der Waals surface area (Å²) in [6, 6.07) is 9.92. The number of methoxy groups -OCH3 is 1. The standard InChI is InChI=1S/C22H27ClN2O5/c1-4-6-11-30-21-18(23)12-15(13-19(21)29-5-2)22(27)25-17-9-7-16(8-10-17)24-20(26)14-28-3/h7-10,12-13H,4-6,11,14H2,1-3H3,(H,24,26)(H,25,27). The Hall–Kier alpha value is -2.77. The lowest BCUT2D eigenvalue weighted by molar-refractivity contribution is -0.119. The highest BCUT2D eigenvalue weighted by atomic mass is 35.5. The second-order valence-corrected chi connectivity index (χ2v) is 6.84. The molecule has 0 saturated heterocycles. The van der Waals surface area contributed by atoms with E-state index in [4.69, 9.17) is 25.8 Å². The van der Waals surface area contributed by atoms with Crippen LogP contribution in [0, 0.1) is 0 Å². The molecular formula is C22H27ClN2O5. The summed E-state index contributed by atoms with van der Waals surface area (Å²) in [6.07, 6.45) is 1.89. The molecule has 0 unspecified atom stereocenters. The molecule has 2 amide bonds. The van der Waals surface area contributed by atoms with E-state index in [0.29, 0.717) is 46.7 Å². The Labute approximate surface area is 181 Å². The highest BCUT2D eigenvalue weighted by molar-refractivity contribution is 6.32. The van der Waals surface area contributed by atoms with E-state index in [1.165, 1.54) is 7.11 Å². The van der Waals surface area contributed by atoms with Crippen molar-refractivity contribution in [2.45, 2.75) is 26.7 Å². The largest absolute Gasteiger partial charge is 0.490 e. The fraction of sp³-hybridized carbons (Fsp3) is 0.364. The monoisotopic (exact) mass is 434 g/mol. The van der Waals surface area contributed by atoms with Crippen molar-refractivity contribution in [3.05, 3.63) is 47.0 Å². The lowest BCUT2D eigenvalue weighted by atomic mass is 10.1. The van der Waals surface area contributed by atoms with E-state index in [1.807, 2.05) is 6.92 Å². The number of carbonyl (C=O) groups is 2. The number of amides is 2. The van der Waals surface area contributed by atoms with Crippen LogP contribution in [0.5, 0.6) is 11.5 Å². The number of carbonyl (C=O) groups excluding carboxylic acids is 2. The van der Waals surface area contributed by atoms with Gasteiger partial charge in [-0.15, -0.1) is 0 Å². The molecular weight excluding hydrogens is 408 g/mol. The Kier molecular flexibility index (Phi) is 9.44. The lowest BCUT2D eigenvalue weighted by Gasteiger charge is -2.15. The van der Waals surface area contributed by atoms with Crippen LogP contribution >= 0.6 is 11.6 Å². The van der Waals surface area contributed by atoms with Crippen molar-refractivity contribution in [3.8, 4) is 11.5 Å². The molecule has 0 bridgehead atoms. The van der Waals surface area contributed by atoms with Crippen LogP contribution in [0.2, 0.25) is 5.02 Å². The van der Waals surface area contributed by atoms with Crippen LogP contribution < -0.4 is 20.1 Å². The first-order chi connectivity index (χ1) is 14.5. The topological polar surface area (TPSA) is 85.9 Å².